The molecule has 0 saturated carbocycles. The number of benzene rings is 1. The van der Waals surface area contributed by atoms with Crippen LogP contribution in [0.3, 0.4) is 0 Å². The summed E-state index contributed by atoms with van der Waals surface area (Å²) in [6.07, 6.45) is 15.8. The number of hydrogen-bond donors (Lipinski definition) is 2. The summed E-state index contributed by atoms with van der Waals surface area (Å²) in [6, 6.07) is 7.13. The van der Waals surface area contributed by atoms with Crippen LogP contribution in [0.1, 0.15) is 117 Å². The number of rotatable bonds is 24. The molecule has 0 radical (unpaired) electrons. The van der Waals surface area contributed by atoms with Crippen LogP contribution in [0.2, 0.25) is 0 Å². The number of para-hydroxylation sites is 1. The number of terminal acetylenes is 1. The van der Waals surface area contributed by atoms with Crippen molar-refractivity contribution < 1.29 is 41.8 Å². The van der Waals surface area contributed by atoms with Gasteiger partial charge in [-0.25, -0.2) is 9.55 Å². The molecule has 1 saturated heterocycles. The number of halogens is 1. The summed E-state index contributed by atoms with van der Waals surface area (Å²) in [7, 11) is -4.42. The Kier molecular flexibility index (Phi) is 16.9. The standard InChI is InChI=1S/C39H56FN6O8P/c1-6-10-11-12-13-14-15-16-20-23-33(47)52-31-24-32(46-27-42-34-35(41)43-38(40)44-36(34)46)53-39(31,9-4)26-51-55(49,54-30-21-18-17-19-22-30)45-28(5)37(48)50-25-29(7-2)8-3/h4,17-19,21-22,27-29,31-32H,6-8,10-16,20,23-26H2,1-3,5H3,(H,45,49)(H2,41,43,44)/t28?,31?,32?,39?,55-/m0/s1. The Morgan fingerprint density at radius 2 is 1.76 bits per heavy atom. The molecule has 3 heterocycles. The van der Waals surface area contributed by atoms with Gasteiger partial charge in [0.15, 0.2) is 22.6 Å². The zero-order chi connectivity index (χ0) is 39.8. The van der Waals surface area contributed by atoms with E-state index >= 15 is 0 Å². The molecule has 302 valence electrons. The van der Waals surface area contributed by atoms with Crippen LogP contribution in [0.4, 0.5) is 10.2 Å². The van der Waals surface area contributed by atoms with Gasteiger partial charge in [-0.05, 0) is 31.4 Å². The van der Waals surface area contributed by atoms with Gasteiger partial charge in [0, 0.05) is 12.8 Å². The summed E-state index contributed by atoms with van der Waals surface area (Å²) in [5.74, 6) is 1.61. The number of esters is 2. The van der Waals surface area contributed by atoms with Gasteiger partial charge in [0.1, 0.15) is 30.7 Å². The average molecular weight is 787 g/mol. The second-order valence-electron chi connectivity index (χ2n) is 13.9. The number of anilines is 1. The highest BCUT2D eigenvalue weighted by molar-refractivity contribution is 7.52. The molecule has 4 unspecified atom stereocenters. The molecule has 1 fully saturated rings. The van der Waals surface area contributed by atoms with Gasteiger partial charge < -0.3 is 24.5 Å². The van der Waals surface area contributed by atoms with Gasteiger partial charge in [0.05, 0.1) is 12.9 Å². The van der Waals surface area contributed by atoms with Gasteiger partial charge in [-0.2, -0.15) is 19.4 Å². The predicted molar refractivity (Wildman–Crippen MR) is 206 cm³/mol. The lowest BCUT2D eigenvalue weighted by Gasteiger charge is -2.31. The zero-order valence-electron chi connectivity index (χ0n) is 32.4. The smallest absolute Gasteiger partial charge is 0.459 e. The topological polar surface area (TPSA) is 179 Å². The lowest BCUT2D eigenvalue weighted by atomic mass is 9.98. The number of nitrogens with zero attached hydrogens (tertiary/aromatic N) is 4. The Bertz CT molecular complexity index is 1770. The summed E-state index contributed by atoms with van der Waals surface area (Å²) in [5.41, 5.74) is 4.23. The number of imidazole rings is 1. The molecule has 55 heavy (non-hydrogen) atoms. The van der Waals surface area contributed by atoms with Crippen molar-refractivity contribution in [3.63, 3.8) is 0 Å². The third-order valence-electron chi connectivity index (χ3n) is 9.76. The van der Waals surface area contributed by atoms with Crippen LogP contribution < -0.4 is 15.3 Å². The predicted octanol–water partition coefficient (Wildman–Crippen LogP) is 7.83. The summed E-state index contributed by atoms with van der Waals surface area (Å²) in [4.78, 5) is 37.9. The van der Waals surface area contributed by atoms with Crippen molar-refractivity contribution in [2.45, 2.75) is 135 Å². The van der Waals surface area contributed by atoms with E-state index in [9.17, 15) is 18.5 Å². The van der Waals surface area contributed by atoms with E-state index in [2.05, 4.69) is 32.9 Å². The second-order valence-corrected chi connectivity index (χ2v) is 15.6. The summed E-state index contributed by atoms with van der Waals surface area (Å²) in [6.45, 7) is 7.28. The van der Waals surface area contributed by atoms with Crippen LogP contribution in [0, 0.1) is 24.3 Å². The average Bonchev–Trinajstić information content (AvgIpc) is 3.75. The molecule has 16 heteroatoms. The molecular formula is C39H56FN6O8P. The van der Waals surface area contributed by atoms with Gasteiger partial charge in [-0.15, -0.1) is 6.42 Å². The maximum Gasteiger partial charge on any atom is 0.459 e. The number of nitrogens with two attached hydrogens (primary N) is 1. The number of nitrogens with one attached hydrogen (secondary N) is 1. The molecule has 3 aromatic rings. The number of hydrogen-bond acceptors (Lipinski definition) is 12. The van der Waals surface area contributed by atoms with Crippen LogP contribution in [0.15, 0.2) is 36.7 Å². The molecule has 0 aliphatic carbocycles. The van der Waals surface area contributed by atoms with E-state index < -0.39 is 56.3 Å². The normalized spacial score (nSPS) is 19.9. The number of ether oxygens (including phenoxy) is 3. The third-order valence-corrected chi connectivity index (χ3v) is 11.4. The van der Waals surface area contributed by atoms with E-state index in [1.807, 2.05) is 13.8 Å². The highest BCUT2D eigenvalue weighted by Crippen LogP contribution is 2.48. The Morgan fingerprint density at radius 1 is 1.09 bits per heavy atom. The van der Waals surface area contributed by atoms with Crippen LogP contribution >= 0.6 is 7.75 Å². The monoisotopic (exact) mass is 786 g/mol. The molecule has 0 amide bonds. The van der Waals surface area contributed by atoms with Crippen LogP contribution in [-0.2, 0) is 32.9 Å². The van der Waals surface area contributed by atoms with Crippen molar-refractivity contribution in [1.29, 1.82) is 0 Å². The first-order chi connectivity index (χ1) is 26.5. The minimum absolute atomic E-state index is 0.0237. The first-order valence-corrected chi connectivity index (χ1v) is 20.9. The summed E-state index contributed by atoms with van der Waals surface area (Å²) in [5, 5.41) is 2.67. The highest BCUT2D eigenvalue weighted by atomic mass is 31.2. The summed E-state index contributed by atoms with van der Waals surface area (Å²) >= 11 is 0. The molecular weight excluding hydrogens is 730 g/mol. The number of aromatic nitrogens is 4. The first kappa shape index (κ1) is 43.6. The Balaban J connectivity index is 1.54. The maximum atomic E-state index is 14.5. The quantitative estimate of drug-likeness (QED) is 0.0295. The lowest BCUT2D eigenvalue weighted by Crippen LogP contribution is -2.45. The van der Waals surface area contributed by atoms with Crippen molar-refractivity contribution >= 4 is 36.7 Å². The Labute approximate surface area is 323 Å². The van der Waals surface area contributed by atoms with E-state index in [0.717, 1.165) is 32.1 Å². The van der Waals surface area contributed by atoms with E-state index in [4.69, 9.17) is 35.4 Å². The van der Waals surface area contributed by atoms with E-state index in [1.165, 1.54) is 49.9 Å². The van der Waals surface area contributed by atoms with Crippen molar-refractivity contribution in [3.8, 4) is 18.1 Å². The molecule has 5 atom stereocenters. The Hall–Kier alpha value is -4.09. The van der Waals surface area contributed by atoms with Gasteiger partial charge in [-0.3, -0.25) is 18.7 Å². The zero-order valence-corrected chi connectivity index (χ0v) is 33.3. The van der Waals surface area contributed by atoms with E-state index in [1.54, 1.807) is 30.3 Å². The van der Waals surface area contributed by atoms with Crippen LogP contribution in [0.25, 0.3) is 11.2 Å². The SMILES string of the molecule is C#CC1(CO[P@@](=O)(NC(C)C(=O)OCC(CC)CC)Oc2ccccc2)OC(n2cnc3c(N)nc(F)nc32)CC1OC(=O)CCCCCCCCCCC. The van der Waals surface area contributed by atoms with E-state index in [-0.39, 0.29) is 48.1 Å². The van der Waals surface area contributed by atoms with Gasteiger partial charge in [0.25, 0.3) is 0 Å². The molecule has 1 aromatic carbocycles. The fraction of sp³-hybridized carbons (Fsp3) is 0.615. The van der Waals surface area contributed by atoms with Gasteiger partial charge in [-0.1, -0.05) is 109 Å². The minimum Gasteiger partial charge on any atom is -0.464 e. The number of carbonyl (C=O) groups excluding carboxylic acids is 2. The molecule has 2 aromatic heterocycles. The highest BCUT2D eigenvalue weighted by Gasteiger charge is 2.53. The molecule has 3 N–H and O–H groups in total. The van der Waals surface area contributed by atoms with Crippen molar-refractivity contribution in [1.82, 2.24) is 24.6 Å². The van der Waals surface area contributed by atoms with Crippen molar-refractivity contribution in [3.05, 3.63) is 42.7 Å². The molecule has 0 bridgehead atoms. The molecule has 4 rings (SSSR count). The fourth-order valence-corrected chi connectivity index (χ4v) is 7.82. The summed E-state index contributed by atoms with van der Waals surface area (Å²) < 4.78 is 59.9. The number of nitrogen functional groups attached to an aromatic ring is 1. The van der Waals surface area contributed by atoms with Crippen LogP contribution in [0.5, 0.6) is 5.75 Å². The molecule has 1 aliphatic heterocycles. The van der Waals surface area contributed by atoms with Gasteiger partial charge >= 0.3 is 25.8 Å². The molecule has 1 aliphatic rings. The number of carbonyl (C=O) groups is 2. The number of unbranched alkanes of at least 4 members (excludes halogenated alkanes) is 8. The number of fused-ring (bicyclic) bond motifs is 1. The van der Waals surface area contributed by atoms with Crippen molar-refractivity contribution in [2.24, 2.45) is 5.92 Å². The molecule has 0 spiro atoms. The lowest BCUT2D eigenvalue weighted by molar-refractivity contribution is -0.158. The van der Waals surface area contributed by atoms with Crippen molar-refractivity contribution in [2.75, 3.05) is 18.9 Å². The van der Waals surface area contributed by atoms with Gasteiger partial charge in [0.2, 0.25) is 0 Å². The Morgan fingerprint density at radius 3 is 2.42 bits per heavy atom. The maximum absolute atomic E-state index is 14.5. The van der Waals surface area contributed by atoms with E-state index in [0.29, 0.717) is 6.42 Å². The molecule has 14 nitrogen and oxygen atoms in total. The fourth-order valence-electron chi connectivity index (χ4n) is 6.30. The third kappa shape index (κ3) is 12.5. The minimum atomic E-state index is -4.42. The van der Waals surface area contributed by atoms with Crippen LogP contribution in [-0.4, -0.2) is 62.4 Å². The second kappa shape index (κ2) is 21.3. The first-order valence-electron chi connectivity index (χ1n) is 19.4. The largest absolute Gasteiger partial charge is 0.464 e.